The van der Waals surface area contributed by atoms with E-state index in [1.165, 1.54) is 12.3 Å². The van der Waals surface area contributed by atoms with Crippen LogP contribution in [0.5, 0.6) is 11.5 Å². The molecule has 0 unspecified atom stereocenters. The van der Waals surface area contributed by atoms with Crippen LogP contribution in [0.2, 0.25) is 0 Å². The van der Waals surface area contributed by atoms with Gasteiger partial charge in [-0.3, -0.25) is 9.69 Å². The molecule has 1 fully saturated rings. The molecule has 3 N–H and O–H groups in total. The Morgan fingerprint density at radius 3 is 2.53 bits per heavy atom. The van der Waals surface area contributed by atoms with Crippen LogP contribution in [0.4, 0.5) is 0 Å². The molecule has 1 aromatic heterocycles. The van der Waals surface area contributed by atoms with Crippen molar-refractivity contribution in [2.45, 2.75) is 33.2 Å². The summed E-state index contributed by atoms with van der Waals surface area (Å²) in [5.74, 6) is -0.258. The number of hydrogen-bond acceptors (Lipinski definition) is 7. The molecule has 0 aliphatic carbocycles. The highest BCUT2D eigenvalue weighted by atomic mass is 16.5. The molecule has 3 aromatic rings. The standard InChI is InChI=1S/C26H31N3O5/c1-4-27-26(32)25-22(15-34-28-25)18-6-5-17(14-29-7-9-33-10-8-29)11-20(18)21-12-19(16(2)3)23(30)13-24(21)31/h5-6,11-13,15-16,30-31H,4,7-10,14H2,1-3H3,(H,27,32). The molecule has 0 saturated carbocycles. The third-order valence-corrected chi connectivity index (χ3v) is 6.06. The molecule has 2 heterocycles. The summed E-state index contributed by atoms with van der Waals surface area (Å²) in [7, 11) is 0. The van der Waals surface area contributed by atoms with Gasteiger partial charge in [0.2, 0.25) is 0 Å². The molecule has 4 rings (SSSR count). The number of aromatic hydroxyl groups is 2. The highest BCUT2D eigenvalue weighted by Crippen LogP contribution is 2.42. The molecular formula is C26H31N3O5. The number of aromatic nitrogens is 1. The number of carbonyl (C=O) groups excluding carboxylic acids is 1. The van der Waals surface area contributed by atoms with Gasteiger partial charge in [0.15, 0.2) is 5.69 Å². The Kier molecular flexibility index (Phi) is 7.19. The van der Waals surface area contributed by atoms with Gasteiger partial charge in [0.25, 0.3) is 5.91 Å². The van der Waals surface area contributed by atoms with Crippen molar-refractivity contribution in [2.75, 3.05) is 32.8 Å². The molecule has 1 aliphatic heterocycles. The number of ether oxygens (including phenoxy) is 1. The highest BCUT2D eigenvalue weighted by Gasteiger charge is 2.23. The van der Waals surface area contributed by atoms with Crippen LogP contribution < -0.4 is 5.32 Å². The van der Waals surface area contributed by atoms with Crippen molar-refractivity contribution in [2.24, 2.45) is 0 Å². The fourth-order valence-corrected chi connectivity index (χ4v) is 4.27. The van der Waals surface area contributed by atoms with Gasteiger partial charge < -0.3 is 24.8 Å². The molecule has 180 valence electrons. The van der Waals surface area contributed by atoms with Crippen molar-refractivity contribution in [1.29, 1.82) is 0 Å². The first-order chi connectivity index (χ1) is 16.4. The zero-order chi connectivity index (χ0) is 24.2. The van der Waals surface area contributed by atoms with E-state index in [4.69, 9.17) is 9.26 Å². The normalized spacial score (nSPS) is 14.5. The van der Waals surface area contributed by atoms with Gasteiger partial charge in [0.1, 0.15) is 17.8 Å². The van der Waals surface area contributed by atoms with Gasteiger partial charge in [0, 0.05) is 37.8 Å². The van der Waals surface area contributed by atoms with Crippen molar-refractivity contribution >= 4 is 5.91 Å². The van der Waals surface area contributed by atoms with Gasteiger partial charge in [-0.1, -0.05) is 31.1 Å². The number of nitrogens with one attached hydrogen (secondary N) is 1. The molecule has 0 bridgehead atoms. The maximum Gasteiger partial charge on any atom is 0.274 e. The Morgan fingerprint density at radius 2 is 1.82 bits per heavy atom. The molecule has 34 heavy (non-hydrogen) atoms. The molecule has 0 spiro atoms. The van der Waals surface area contributed by atoms with Crippen LogP contribution in [-0.4, -0.2) is 59.0 Å². The van der Waals surface area contributed by atoms with E-state index in [9.17, 15) is 15.0 Å². The lowest BCUT2D eigenvalue weighted by Gasteiger charge is -2.27. The fraction of sp³-hybridized carbons (Fsp3) is 0.385. The van der Waals surface area contributed by atoms with Gasteiger partial charge in [-0.15, -0.1) is 0 Å². The number of phenols is 2. The van der Waals surface area contributed by atoms with Crippen LogP contribution >= 0.6 is 0 Å². The minimum Gasteiger partial charge on any atom is -0.508 e. The largest absolute Gasteiger partial charge is 0.508 e. The van der Waals surface area contributed by atoms with Crippen LogP contribution in [0.15, 0.2) is 41.1 Å². The lowest BCUT2D eigenvalue weighted by molar-refractivity contribution is 0.0342. The van der Waals surface area contributed by atoms with E-state index >= 15 is 0 Å². The summed E-state index contributed by atoms with van der Waals surface area (Å²) in [6, 6.07) is 9.16. The monoisotopic (exact) mass is 465 g/mol. The van der Waals surface area contributed by atoms with Crippen molar-refractivity contribution in [3.63, 3.8) is 0 Å². The summed E-state index contributed by atoms with van der Waals surface area (Å²) in [5.41, 5.74) is 4.54. The third-order valence-electron chi connectivity index (χ3n) is 6.06. The first-order valence-corrected chi connectivity index (χ1v) is 11.6. The molecule has 8 heteroatoms. The fourth-order valence-electron chi connectivity index (χ4n) is 4.27. The predicted molar refractivity (Wildman–Crippen MR) is 129 cm³/mol. The second-order valence-electron chi connectivity index (χ2n) is 8.79. The first-order valence-electron chi connectivity index (χ1n) is 11.6. The number of morpholine rings is 1. The lowest BCUT2D eigenvalue weighted by Crippen LogP contribution is -2.35. The quantitative estimate of drug-likeness (QED) is 0.482. The van der Waals surface area contributed by atoms with Gasteiger partial charge in [-0.25, -0.2) is 0 Å². The summed E-state index contributed by atoms with van der Waals surface area (Å²) in [6.07, 6.45) is 1.45. The zero-order valence-electron chi connectivity index (χ0n) is 19.8. The smallest absolute Gasteiger partial charge is 0.274 e. The SMILES string of the molecule is CCNC(=O)c1nocc1-c1ccc(CN2CCOCC2)cc1-c1cc(C(C)C)c(O)cc1O. The second-order valence-corrected chi connectivity index (χ2v) is 8.79. The summed E-state index contributed by atoms with van der Waals surface area (Å²) in [5, 5.41) is 27.9. The summed E-state index contributed by atoms with van der Waals surface area (Å²) in [6.45, 7) is 10.1. The van der Waals surface area contributed by atoms with E-state index in [1.54, 1.807) is 0 Å². The van der Waals surface area contributed by atoms with E-state index < -0.39 is 0 Å². The van der Waals surface area contributed by atoms with Crippen molar-refractivity contribution in [3.05, 3.63) is 53.4 Å². The summed E-state index contributed by atoms with van der Waals surface area (Å²) < 4.78 is 10.6. The average Bonchev–Trinajstić information content (AvgIpc) is 3.30. The van der Waals surface area contributed by atoms with Gasteiger partial charge in [0.05, 0.1) is 18.8 Å². The Labute approximate surface area is 199 Å². The van der Waals surface area contributed by atoms with Crippen LogP contribution in [0, 0.1) is 0 Å². The van der Waals surface area contributed by atoms with Crippen molar-refractivity contribution in [1.82, 2.24) is 15.4 Å². The second kappa shape index (κ2) is 10.3. The minimum atomic E-state index is -0.326. The van der Waals surface area contributed by atoms with Crippen molar-refractivity contribution < 1.29 is 24.3 Å². The number of amides is 1. The minimum absolute atomic E-state index is 0.0392. The molecule has 0 atom stereocenters. The van der Waals surface area contributed by atoms with E-state index in [-0.39, 0.29) is 29.0 Å². The van der Waals surface area contributed by atoms with Crippen LogP contribution in [-0.2, 0) is 11.3 Å². The Bertz CT molecular complexity index is 1170. The van der Waals surface area contributed by atoms with Crippen LogP contribution in [0.1, 0.15) is 48.3 Å². The van der Waals surface area contributed by atoms with Crippen molar-refractivity contribution in [3.8, 4) is 33.8 Å². The molecule has 2 aromatic carbocycles. The maximum atomic E-state index is 12.6. The summed E-state index contributed by atoms with van der Waals surface area (Å²) in [4.78, 5) is 14.9. The maximum absolute atomic E-state index is 12.6. The Morgan fingerprint density at radius 1 is 1.06 bits per heavy atom. The molecule has 1 saturated heterocycles. The van der Waals surface area contributed by atoms with Gasteiger partial charge in [-0.05, 0) is 47.2 Å². The molecule has 1 amide bonds. The third kappa shape index (κ3) is 4.93. The van der Waals surface area contributed by atoms with E-state index in [2.05, 4.69) is 15.4 Å². The molecular weight excluding hydrogens is 434 g/mol. The van der Waals surface area contributed by atoms with Crippen LogP contribution in [0.3, 0.4) is 0 Å². The number of hydrogen-bond donors (Lipinski definition) is 3. The van der Waals surface area contributed by atoms with Gasteiger partial charge >= 0.3 is 0 Å². The molecule has 8 nitrogen and oxygen atoms in total. The number of benzene rings is 2. The lowest BCUT2D eigenvalue weighted by atomic mass is 9.89. The topological polar surface area (TPSA) is 108 Å². The van der Waals surface area contributed by atoms with Gasteiger partial charge in [-0.2, -0.15) is 0 Å². The summed E-state index contributed by atoms with van der Waals surface area (Å²) >= 11 is 0. The van der Waals surface area contributed by atoms with E-state index in [1.807, 2.05) is 45.0 Å². The number of nitrogens with zero attached hydrogens (tertiary/aromatic N) is 2. The average molecular weight is 466 g/mol. The van der Waals surface area contributed by atoms with Crippen LogP contribution in [0.25, 0.3) is 22.3 Å². The number of carbonyl (C=O) groups is 1. The van der Waals surface area contributed by atoms with E-state index in [0.717, 1.165) is 36.3 Å². The highest BCUT2D eigenvalue weighted by molar-refractivity contribution is 6.01. The Hall–Kier alpha value is -3.36. The number of phenolic OH excluding ortho intramolecular Hbond substituents is 2. The predicted octanol–water partition coefficient (Wildman–Crippen LogP) is 4.13. The zero-order valence-corrected chi connectivity index (χ0v) is 19.8. The molecule has 0 radical (unpaired) electrons. The molecule has 1 aliphatic rings. The Balaban J connectivity index is 1.86. The van der Waals surface area contributed by atoms with E-state index in [0.29, 0.717) is 36.4 Å². The number of rotatable bonds is 7. The first kappa shape index (κ1) is 23.8.